The number of H-pyrrole nitrogens is 2. The molecule has 2 heterocycles. The van der Waals surface area contributed by atoms with Crippen LogP contribution in [0.2, 0.25) is 0 Å². The number of hydrogen-bond acceptors (Lipinski definition) is 2. The van der Waals surface area contributed by atoms with E-state index in [2.05, 4.69) is 34.4 Å². The molecule has 0 aliphatic rings. The molecule has 0 aliphatic carbocycles. The topological polar surface area (TPSA) is 89.8 Å². The fourth-order valence-corrected chi connectivity index (χ4v) is 4.36. The highest BCUT2D eigenvalue weighted by atomic mass is 16.2. The average molecular weight is 451 g/mol. The lowest BCUT2D eigenvalue weighted by Gasteiger charge is -2.10. The Kier molecular flexibility index (Phi) is 5.21. The molecule has 2 aromatic heterocycles. The number of nitrogens with one attached hydrogen (secondary N) is 4. The average Bonchev–Trinajstić information content (AvgIpc) is 3.30. The smallest absolute Gasteiger partial charge is 0.255 e. The molecule has 0 unspecified atom stereocenters. The first-order chi connectivity index (χ1) is 16.3. The number of benzene rings is 3. The molecular weight excluding hydrogens is 424 g/mol. The Morgan fingerprint density at radius 1 is 0.618 bits per heavy atom. The van der Waals surface area contributed by atoms with Crippen LogP contribution >= 0.6 is 0 Å². The fraction of sp³-hybridized carbons (Fsp3) is 0.143. The normalized spacial score (nSPS) is 11.2. The van der Waals surface area contributed by atoms with E-state index in [9.17, 15) is 9.59 Å². The van der Waals surface area contributed by atoms with Crippen LogP contribution in [-0.2, 0) is 0 Å². The number of fused-ring (bicyclic) bond motifs is 2. The van der Waals surface area contributed by atoms with Gasteiger partial charge in [0.2, 0.25) is 0 Å². The summed E-state index contributed by atoms with van der Waals surface area (Å²) >= 11 is 0. The summed E-state index contributed by atoms with van der Waals surface area (Å²) in [6.07, 6.45) is 0. The zero-order valence-electron chi connectivity index (χ0n) is 19.6. The largest absolute Gasteiger partial charge is 0.357 e. The number of amides is 2. The van der Waals surface area contributed by atoms with Gasteiger partial charge in [-0.1, -0.05) is 30.3 Å². The third kappa shape index (κ3) is 3.63. The molecule has 0 saturated heterocycles. The van der Waals surface area contributed by atoms with E-state index in [-0.39, 0.29) is 11.8 Å². The van der Waals surface area contributed by atoms with E-state index in [0.717, 1.165) is 44.3 Å². The van der Waals surface area contributed by atoms with Crippen LogP contribution in [0.15, 0.2) is 60.7 Å². The monoisotopic (exact) mass is 450 g/mol. The summed E-state index contributed by atoms with van der Waals surface area (Å²) in [7, 11) is 0. The van der Waals surface area contributed by atoms with Gasteiger partial charge in [-0.15, -0.1) is 0 Å². The third-order valence-corrected chi connectivity index (χ3v) is 6.57. The lowest BCUT2D eigenvalue weighted by atomic mass is 10.1. The van der Waals surface area contributed by atoms with E-state index >= 15 is 0 Å². The molecule has 0 atom stereocenters. The lowest BCUT2D eigenvalue weighted by molar-refractivity contribution is 0.102. The van der Waals surface area contributed by atoms with Gasteiger partial charge in [-0.2, -0.15) is 0 Å². The maximum Gasteiger partial charge on any atom is 0.255 e. The van der Waals surface area contributed by atoms with E-state index in [4.69, 9.17) is 0 Å². The van der Waals surface area contributed by atoms with Crippen molar-refractivity contribution in [3.63, 3.8) is 0 Å². The first kappa shape index (κ1) is 21.5. The minimum atomic E-state index is -0.273. The number of aromatic amines is 2. The highest BCUT2D eigenvalue weighted by Crippen LogP contribution is 2.29. The van der Waals surface area contributed by atoms with Crippen molar-refractivity contribution < 1.29 is 9.59 Å². The van der Waals surface area contributed by atoms with Crippen LogP contribution in [0.3, 0.4) is 0 Å². The number of hydrogen-bond donors (Lipinski definition) is 4. The lowest BCUT2D eigenvalue weighted by Crippen LogP contribution is -2.16. The highest BCUT2D eigenvalue weighted by Gasteiger charge is 2.15. The highest BCUT2D eigenvalue weighted by molar-refractivity contribution is 6.12. The summed E-state index contributed by atoms with van der Waals surface area (Å²) in [6.45, 7) is 8.13. The molecule has 3 aromatic carbocycles. The number of carbonyl (C=O) groups is 2. The second-order valence-corrected chi connectivity index (χ2v) is 8.70. The van der Waals surface area contributed by atoms with Crippen LogP contribution in [0, 0.1) is 27.7 Å². The summed E-state index contributed by atoms with van der Waals surface area (Å²) in [5.74, 6) is -0.547. The summed E-state index contributed by atoms with van der Waals surface area (Å²) in [6, 6.07) is 18.4. The van der Waals surface area contributed by atoms with Crippen molar-refractivity contribution in [2.45, 2.75) is 27.7 Å². The minimum Gasteiger partial charge on any atom is -0.357 e. The molecule has 0 spiro atoms. The Balaban J connectivity index is 1.40. The van der Waals surface area contributed by atoms with Gasteiger partial charge in [-0.25, -0.2) is 0 Å². The maximum absolute atomic E-state index is 13.0. The Labute approximate surface area is 197 Å². The predicted molar refractivity (Wildman–Crippen MR) is 138 cm³/mol. The second-order valence-electron chi connectivity index (χ2n) is 8.70. The Bertz CT molecular complexity index is 1470. The number of aryl methyl sites for hydroxylation is 4. The van der Waals surface area contributed by atoms with Crippen molar-refractivity contribution in [3.05, 3.63) is 94.3 Å². The third-order valence-electron chi connectivity index (χ3n) is 6.57. The first-order valence-electron chi connectivity index (χ1n) is 11.2. The van der Waals surface area contributed by atoms with Gasteiger partial charge in [0, 0.05) is 33.3 Å². The van der Waals surface area contributed by atoms with Crippen molar-refractivity contribution in [1.82, 2.24) is 9.97 Å². The van der Waals surface area contributed by atoms with Crippen LogP contribution in [0.25, 0.3) is 21.8 Å². The van der Waals surface area contributed by atoms with Gasteiger partial charge in [0.15, 0.2) is 0 Å². The predicted octanol–water partition coefficient (Wildman–Crippen LogP) is 6.39. The molecule has 4 N–H and O–H groups in total. The zero-order chi connectivity index (χ0) is 24.0. The van der Waals surface area contributed by atoms with Crippen LogP contribution in [0.4, 0.5) is 11.4 Å². The molecule has 5 rings (SSSR count). The van der Waals surface area contributed by atoms with Crippen molar-refractivity contribution in [3.8, 4) is 0 Å². The molecule has 5 aromatic rings. The molecule has 170 valence electrons. The molecule has 34 heavy (non-hydrogen) atoms. The van der Waals surface area contributed by atoms with Crippen LogP contribution < -0.4 is 10.6 Å². The van der Waals surface area contributed by atoms with Gasteiger partial charge >= 0.3 is 0 Å². The van der Waals surface area contributed by atoms with Crippen molar-refractivity contribution in [2.24, 2.45) is 0 Å². The number of aromatic nitrogens is 2. The van der Waals surface area contributed by atoms with Crippen LogP contribution in [0.5, 0.6) is 0 Å². The van der Waals surface area contributed by atoms with Gasteiger partial charge in [0.05, 0.1) is 22.4 Å². The van der Waals surface area contributed by atoms with Crippen molar-refractivity contribution in [1.29, 1.82) is 0 Å². The molecule has 0 aliphatic heterocycles. The molecule has 6 nitrogen and oxygen atoms in total. The van der Waals surface area contributed by atoms with E-state index < -0.39 is 0 Å². The standard InChI is InChI=1S/C28H26N4O2/c1-15-17(3)29-25-21(15)10-6-12-23(25)31-27(33)19-8-5-9-20(14-19)28(34)32-24-13-7-11-22-16(2)18(4)30-26(22)24/h5-14,29-30H,1-4H3,(H,31,33)(H,32,34). The maximum atomic E-state index is 13.0. The van der Waals surface area contributed by atoms with Gasteiger partial charge in [-0.3, -0.25) is 9.59 Å². The van der Waals surface area contributed by atoms with Gasteiger partial charge in [0.25, 0.3) is 11.8 Å². The molecule has 0 fully saturated rings. The molecule has 2 amide bonds. The number of rotatable bonds is 4. The van der Waals surface area contributed by atoms with Crippen LogP contribution in [-0.4, -0.2) is 21.8 Å². The number of anilines is 2. The molecule has 0 bridgehead atoms. The molecule has 0 radical (unpaired) electrons. The fourth-order valence-electron chi connectivity index (χ4n) is 4.36. The zero-order valence-corrected chi connectivity index (χ0v) is 19.6. The summed E-state index contributed by atoms with van der Waals surface area (Å²) in [5, 5.41) is 8.12. The number of carbonyl (C=O) groups excluding carboxylic acids is 2. The summed E-state index contributed by atoms with van der Waals surface area (Å²) in [4.78, 5) is 32.8. The van der Waals surface area contributed by atoms with Crippen molar-refractivity contribution >= 4 is 45.0 Å². The van der Waals surface area contributed by atoms with E-state index in [0.29, 0.717) is 22.5 Å². The van der Waals surface area contributed by atoms with Gasteiger partial charge < -0.3 is 20.6 Å². The molecule has 0 saturated carbocycles. The van der Waals surface area contributed by atoms with Gasteiger partial charge in [0.1, 0.15) is 0 Å². The molecule has 6 heteroatoms. The van der Waals surface area contributed by atoms with E-state index in [1.54, 1.807) is 24.3 Å². The van der Waals surface area contributed by atoms with Crippen molar-refractivity contribution in [2.75, 3.05) is 10.6 Å². The second kappa shape index (κ2) is 8.23. The SMILES string of the molecule is Cc1[nH]c2c(NC(=O)c3cccc(C(=O)Nc4cccc5c(C)c(C)[nH]c45)c3)cccc2c1C. The molecular formula is C28H26N4O2. The Morgan fingerprint density at radius 2 is 1.03 bits per heavy atom. The minimum absolute atomic E-state index is 0.273. The summed E-state index contributed by atoms with van der Waals surface area (Å²) in [5.41, 5.74) is 8.48. The quantitative estimate of drug-likeness (QED) is 0.256. The Hall–Kier alpha value is -4.32. The van der Waals surface area contributed by atoms with Crippen LogP contribution in [0.1, 0.15) is 43.2 Å². The van der Waals surface area contributed by atoms with E-state index in [1.807, 2.05) is 50.2 Å². The first-order valence-corrected chi connectivity index (χ1v) is 11.2. The Morgan fingerprint density at radius 3 is 1.47 bits per heavy atom. The number of para-hydroxylation sites is 2. The van der Waals surface area contributed by atoms with E-state index in [1.165, 1.54) is 0 Å². The summed E-state index contributed by atoms with van der Waals surface area (Å²) < 4.78 is 0. The van der Waals surface area contributed by atoms with Gasteiger partial charge in [-0.05, 0) is 69.2 Å².